The largest absolute Gasteiger partial charge is 0.271 e. The van der Waals surface area contributed by atoms with Crippen LogP contribution in [0.1, 0.15) is 22.9 Å². The Labute approximate surface area is 129 Å². The maximum Gasteiger partial charge on any atom is 0.123 e. The fourth-order valence-corrected chi connectivity index (χ4v) is 3.26. The molecule has 5 heteroatoms. The first-order chi connectivity index (χ1) is 9.02. The molecule has 0 aliphatic heterocycles. The van der Waals surface area contributed by atoms with E-state index in [1.165, 1.54) is 6.07 Å². The molecule has 0 radical (unpaired) electrons. The van der Waals surface area contributed by atoms with Gasteiger partial charge in [-0.1, -0.05) is 28.1 Å². The molecule has 19 heavy (non-hydrogen) atoms. The average Bonchev–Trinajstić information content (AvgIpc) is 2.61. The third-order valence-corrected chi connectivity index (χ3v) is 5.02. The minimum Gasteiger partial charge on any atom is -0.271 e. The second kappa shape index (κ2) is 6.18. The summed E-state index contributed by atoms with van der Waals surface area (Å²) in [5.41, 5.74) is 3.11. The minimum absolute atomic E-state index is 0.191. The highest BCUT2D eigenvalue weighted by atomic mass is 79.9. The average molecular weight is 390 g/mol. The molecule has 0 aliphatic rings. The van der Waals surface area contributed by atoms with E-state index in [0.29, 0.717) is 0 Å². The molecule has 0 fully saturated rings. The van der Waals surface area contributed by atoms with E-state index in [1.807, 2.05) is 24.7 Å². The number of aromatic nitrogens is 2. The van der Waals surface area contributed by atoms with Crippen LogP contribution in [0.25, 0.3) is 0 Å². The Hall–Kier alpha value is -0.680. The van der Waals surface area contributed by atoms with Gasteiger partial charge in [-0.15, -0.1) is 0 Å². The zero-order valence-corrected chi connectivity index (χ0v) is 14.0. The molecule has 0 amide bonds. The first kappa shape index (κ1) is 14.7. The van der Waals surface area contributed by atoms with Crippen molar-refractivity contribution in [2.24, 2.45) is 7.05 Å². The van der Waals surface area contributed by atoms with Crippen LogP contribution in [0.3, 0.4) is 0 Å². The first-order valence-electron chi connectivity index (χ1n) is 6.02. The van der Waals surface area contributed by atoms with E-state index in [1.54, 1.807) is 12.1 Å². The smallest absolute Gasteiger partial charge is 0.123 e. The van der Waals surface area contributed by atoms with Crippen molar-refractivity contribution in [1.29, 1.82) is 0 Å². The second-order valence-corrected chi connectivity index (χ2v) is 6.02. The van der Waals surface area contributed by atoms with Crippen molar-refractivity contribution < 1.29 is 4.39 Å². The Morgan fingerprint density at radius 3 is 2.68 bits per heavy atom. The summed E-state index contributed by atoms with van der Waals surface area (Å²) >= 11 is 7.10. The number of nitrogens with zero attached hydrogens (tertiary/aromatic N) is 2. The van der Waals surface area contributed by atoms with Crippen LogP contribution in [0.15, 0.2) is 28.7 Å². The fourth-order valence-electron chi connectivity index (χ4n) is 2.16. The third kappa shape index (κ3) is 3.26. The number of aryl methyl sites for hydroxylation is 2. The summed E-state index contributed by atoms with van der Waals surface area (Å²) in [5.74, 6) is 0.0329. The van der Waals surface area contributed by atoms with Crippen molar-refractivity contribution in [3.8, 4) is 0 Å². The maximum absolute atomic E-state index is 13.3. The SMILES string of the molecule is Cc1nn(C)c(CC(CBr)c2cccc(F)c2)c1Br. The summed E-state index contributed by atoms with van der Waals surface area (Å²) in [4.78, 5) is 0. The zero-order valence-electron chi connectivity index (χ0n) is 10.8. The fraction of sp³-hybridized carbons (Fsp3) is 0.357. The normalized spacial score (nSPS) is 12.7. The van der Waals surface area contributed by atoms with Crippen molar-refractivity contribution in [2.45, 2.75) is 19.3 Å². The van der Waals surface area contributed by atoms with E-state index >= 15 is 0 Å². The van der Waals surface area contributed by atoms with Crippen LogP contribution in [0.5, 0.6) is 0 Å². The van der Waals surface area contributed by atoms with Crippen LogP contribution in [0.2, 0.25) is 0 Å². The standard InChI is InChI=1S/C14H15Br2FN2/c1-9-14(16)13(19(2)18-9)7-11(8-15)10-4-3-5-12(17)6-10/h3-6,11H,7-8H2,1-2H3. The van der Waals surface area contributed by atoms with E-state index in [4.69, 9.17) is 0 Å². The van der Waals surface area contributed by atoms with E-state index in [2.05, 4.69) is 37.0 Å². The van der Waals surface area contributed by atoms with Gasteiger partial charge in [0.1, 0.15) is 5.82 Å². The molecule has 0 saturated heterocycles. The van der Waals surface area contributed by atoms with Crippen LogP contribution < -0.4 is 0 Å². The van der Waals surface area contributed by atoms with Crippen molar-refractivity contribution >= 4 is 31.9 Å². The van der Waals surface area contributed by atoms with Gasteiger partial charge in [0.15, 0.2) is 0 Å². The van der Waals surface area contributed by atoms with Crippen LogP contribution in [-0.2, 0) is 13.5 Å². The predicted octanol–water partition coefficient (Wildman–Crippen LogP) is 4.35. The van der Waals surface area contributed by atoms with Gasteiger partial charge < -0.3 is 0 Å². The molecule has 0 aliphatic carbocycles. The van der Waals surface area contributed by atoms with Crippen molar-refractivity contribution in [2.75, 3.05) is 5.33 Å². The lowest BCUT2D eigenvalue weighted by Gasteiger charge is -2.15. The number of hydrogen-bond donors (Lipinski definition) is 0. The number of halogens is 3. The number of alkyl halides is 1. The highest BCUT2D eigenvalue weighted by Gasteiger charge is 2.18. The quantitative estimate of drug-likeness (QED) is 0.710. The summed E-state index contributed by atoms with van der Waals surface area (Å²) in [5, 5.41) is 5.17. The minimum atomic E-state index is -0.191. The molecule has 0 N–H and O–H groups in total. The van der Waals surface area contributed by atoms with Gasteiger partial charge in [-0.3, -0.25) is 4.68 Å². The highest BCUT2D eigenvalue weighted by molar-refractivity contribution is 9.10. The predicted molar refractivity (Wildman–Crippen MR) is 82.3 cm³/mol. The zero-order chi connectivity index (χ0) is 14.0. The van der Waals surface area contributed by atoms with Gasteiger partial charge in [0.2, 0.25) is 0 Å². The molecule has 2 aromatic rings. The van der Waals surface area contributed by atoms with E-state index in [-0.39, 0.29) is 11.7 Å². The van der Waals surface area contributed by atoms with Gasteiger partial charge >= 0.3 is 0 Å². The highest BCUT2D eigenvalue weighted by Crippen LogP contribution is 2.28. The molecule has 2 nitrogen and oxygen atoms in total. The maximum atomic E-state index is 13.3. The monoisotopic (exact) mass is 388 g/mol. The molecule has 0 saturated carbocycles. The molecule has 1 atom stereocenters. The Kier molecular flexibility index (Phi) is 4.79. The molecule has 1 aromatic carbocycles. The van der Waals surface area contributed by atoms with Crippen molar-refractivity contribution in [1.82, 2.24) is 9.78 Å². The third-order valence-electron chi connectivity index (χ3n) is 3.21. The first-order valence-corrected chi connectivity index (χ1v) is 7.93. The number of hydrogen-bond acceptors (Lipinski definition) is 1. The van der Waals surface area contributed by atoms with Crippen molar-refractivity contribution in [3.05, 3.63) is 51.5 Å². The lowest BCUT2D eigenvalue weighted by atomic mass is 9.96. The molecule has 1 heterocycles. The molecule has 102 valence electrons. The van der Waals surface area contributed by atoms with Gasteiger partial charge in [0.05, 0.1) is 15.9 Å². The molecular weight excluding hydrogens is 375 g/mol. The lowest BCUT2D eigenvalue weighted by Crippen LogP contribution is -2.09. The molecule has 1 aromatic heterocycles. The molecule has 0 bridgehead atoms. The Balaban J connectivity index is 2.29. The van der Waals surface area contributed by atoms with E-state index < -0.39 is 0 Å². The van der Waals surface area contributed by atoms with Crippen LogP contribution >= 0.6 is 31.9 Å². The van der Waals surface area contributed by atoms with Gasteiger partial charge in [0.25, 0.3) is 0 Å². The van der Waals surface area contributed by atoms with Gasteiger partial charge in [-0.05, 0) is 52.9 Å². The summed E-state index contributed by atoms with van der Waals surface area (Å²) in [6.07, 6.45) is 0.812. The summed E-state index contributed by atoms with van der Waals surface area (Å²) < 4.78 is 16.2. The van der Waals surface area contributed by atoms with Crippen LogP contribution in [-0.4, -0.2) is 15.1 Å². The van der Waals surface area contributed by atoms with E-state index in [9.17, 15) is 4.39 Å². The second-order valence-electron chi connectivity index (χ2n) is 4.58. The Morgan fingerprint density at radius 1 is 1.42 bits per heavy atom. The Morgan fingerprint density at radius 2 is 2.16 bits per heavy atom. The molecular formula is C14H15Br2FN2. The van der Waals surface area contributed by atoms with Crippen LogP contribution in [0.4, 0.5) is 4.39 Å². The van der Waals surface area contributed by atoms with Gasteiger partial charge in [-0.25, -0.2) is 4.39 Å². The summed E-state index contributed by atoms with van der Waals surface area (Å²) in [6.45, 7) is 1.97. The topological polar surface area (TPSA) is 17.8 Å². The van der Waals surface area contributed by atoms with Crippen LogP contribution in [0, 0.1) is 12.7 Å². The Bertz CT molecular complexity index is 581. The number of rotatable bonds is 4. The van der Waals surface area contributed by atoms with Gasteiger partial charge in [-0.2, -0.15) is 5.10 Å². The summed E-state index contributed by atoms with van der Waals surface area (Å²) in [6, 6.07) is 6.79. The van der Waals surface area contributed by atoms with Crippen molar-refractivity contribution in [3.63, 3.8) is 0 Å². The molecule has 2 rings (SSSR count). The lowest BCUT2D eigenvalue weighted by molar-refractivity contribution is 0.617. The summed E-state index contributed by atoms with van der Waals surface area (Å²) in [7, 11) is 1.93. The molecule has 1 unspecified atom stereocenters. The van der Waals surface area contributed by atoms with Gasteiger partial charge in [0, 0.05) is 12.4 Å². The van der Waals surface area contributed by atoms with E-state index in [0.717, 1.165) is 33.2 Å². The number of benzene rings is 1. The molecule has 0 spiro atoms.